The maximum absolute atomic E-state index is 11.5. The van der Waals surface area contributed by atoms with Crippen molar-refractivity contribution in [2.24, 2.45) is 5.73 Å². The first-order chi connectivity index (χ1) is 7.63. The Morgan fingerprint density at radius 3 is 3.06 bits per heavy atom. The van der Waals surface area contributed by atoms with Crippen molar-refractivity contribution in [1.82, 2.24) is 10.5 Å². The van der Waals surface area contributed by atoms with Gasteiger partial charge in [-0.1, -0.05) is 5.16 Å². The Balaban J connectivity index is 2.29. The van der Waals surface area contributed by atoms with Crippen LogP contribution in [0, 0.1) is 6.92 Å². The predicted octanol–water partition coefficient (Wildman–Crippen LogP) is -0.0370. The lowest BCUT2D eigenvalue weighted by Crippen LogP contribution is -2.40. The van der Waals surface area contributed by atoms with E-state index in [0.717, 1.165) is 5.69 Å². The van der Waals surface area contributed by atoms with E-state index in [9.17, 15) is 4.79 Å². The summed E-state index contributed by atoms with van der Waals surface area (Å²) in [4.78, 5) is 11.5. The van der Waals surface area contributed by atoms with Crippen molar-refractivity contribution in [3.63, 3.8) is 0 Å². The van der Waals surface area contributed by atoms with Gasteiger partial charge in [0, 0.05) is 19.8 Å². The second-order valence-corrected chi connectivity index (χ2v) is 3.54. The molecule has 0 aliphatic rings. The number of hydrogen-bond acceptors (Lipinski definition) is 5. The van der Waals surface area contributed by atoms with E-state index in [4.69, 9.17) is 15.0 Å². The van der Waals surface area contributed by atoms with E-state index in [1.165, 1.54) is 0 Å². The van der Waals surface area contributed by atoms with Gasteiger partial charge in [-0.25, -0.2) is 0 Å². The van der Waals surface area contributed by atoms with Crippen molar-refractivity contribution < 1.29 is 14.1 Å². The molecule has 1 rings (SSSR count). The quantitative estimate of drug-likeness (QED) is 0.711. The van der Waals surface area contributed by atoms with E-state index < -0.39 is 6.04 Å². The molecule has 0 spiro atoms. The number of aromatic nitrogens is 1. The second-order valence-electron chi connectivity index (χ2n) is 3.54. The first-order valence-corrected chi connectivity index (χ1v) is 5.08. The lowest BCUT2D eigenvalue weighted by atomic mass is 10.2. The summed E-state index contributed by atoms with van der Waals surface area (Å²) in [5, 5.41) is 6.38. The fourth-order valence-corrected chi connectivity index (χ4v) is 1.18. The summed E-state index contributed by atoms with van der Waals surface area (Å²) in [6, 6.07) is 1.21. The molecule has 16 heavy (non-hydrogen) atoms. The maximum atomic E-state index is 11.5. The monoisotopic (exact) mass is 227 g/mol. The van der Waals surface area contributed by atoms with Gasteiger partial charge in [0.05, 0.1) is 18.3 Å². The van der Waals surface area contributed by atoms with E-state index in [0.29, 0.717) is 25.3 Å². The standard InChI is InChI=1S/C10H17N3O3/c1-7-5-8(16-13-7)6-12-10(14)9(11)3-4-15-2/h5,9H,3-4,6,11H2,1-2H3,(H,12,14). The summed E-state index contributed by atoms with van der Waals surface area (Å²) in [5.41, 5.74) is 6.42. The zero-order valence-electron chi connectivity index (χ0n) is 9.53. The molecular weight excluding hydrogens is 210 g/mol. The average molecular weight is 227 g/mol. The SMILES string of the molecule is COCCC(N)C(=O)NCc1cc(C)no1. The van der Waals surface area contributed by atoms with Gasteiger partial charge in [-0.05, 0) is 13.3 Å². The number of nitrogens with zero attached hydrogens (tertiary/aromatic N) is 1. The summed E-state index contributed by atoms with van der Waals surface area (Å²) in [7, 11) is 1.57. The minimum Gasteiger partial charge on any atom is -0.385 e. The zero-order valence-corrected chi connectivity index (χ0v) is 9.53. The molecule has 0 saturated carbocycles. The number of carbonyl (C=O) groups excluding carboxylic acids is 1. The number of methoxy groups -OCH3 is 1. The molecular formula is C10H17N3O3. The van der Waals surface area contributed by atoms with Crippen LogP contribution in [0.3, 0.4) is 0 Å². The van der Waals surface area contributed by atoms with Crippen LogP contribution in [0.15, 0.2) is 10.6 Å². The smallest absolute Gasteiger partial charge is 0.237 e. The summed E-state index contributed by atoms with van der Waals surface area (Å²) in [6.45, 7) is 2.59. The molecule has 1 atom stereocenters. The first-order valence-electron chi connectivity index (χ1n) is 5.08. The third-order valence-corrected chi connectivity index (χ3v) is 2.08. The van der Waals surface area contributed by atoms with Crippen LogP contribution in [0.25, 0.3) is 0 Å². The van der Waals surface area contributed by atoms with Crippen LogP contribution in [-0.2, 0) is 16.1 Å². The van der Waals surface area contributed by atoms with Gasteiger partial charge in [0.15, 0.2) is 5.76 Å². The fraction of sp³-hybridized carbons (Fsp3) is 0.600. The zero-order chi connectivity index (χ0) is 12.0. The normalized spacial score (nSPS) is 12.4. The van der Waals surface area contributed by atoms with Gasteiger partial charge in [-0.15, -0.1) is 0 Å². The van der Waals surface area contributed by atoms with Gasteiger partial charge in [-0.3, -0.25) is 4.79 Å². The molecule has 6 nitrogen and oxygen atoms in total. The van der Waals surface area contributed by atoms with E-state index in [2.05, 4.69) is 10.5 Å². The Morgan fingerprint density at radius 2 is 2.50 bits per heavy atom. The Morgan fingerprint density at radius 1 is 1.75 bits per heavy atom. The van der Waals surface area contributed by atoms with Crippen LogP contribution in [0.1, 0.15) is 17.9 Å². The van der Waals surface area contributed by atoms with Gasteiger partial charge in [0.1, 0.15) is 0 Å². The molecule has 1 aromatic heterocycles. The van der Waals surface area contributed by atoms with Gasteiger partial charge in [0.2, 0.25) is 5.91 Å². The third-order valence-electron chi connectivity index (χ3n) is 2.08. The largest absolute Gasteiger partial charge is 0.385 e. The third kappa shape index (κ3) is 4.00. The molecule has 0 aromatic carbocycles. The number of hydrogen-bond donors (Lipinski definition) is 2. The Kier molecular flexibility index (Phi) is 4.94. The van der Waals surface area contributed by atoms with Crippen molar-refractivity contribution in [2.45, 2.75) is 25.9 Å². The van der Waals surface area contributed by atoms with Crippen LogP contribution in [0.5, 0.6) is 0 Å². The summed E-state index contributed by atoms with van der Waals surface area (Å²) < 4.78 is 9.79. The van der Waals surface area contributed by atoms with E-state index in [-0.39, 0.29) is 5.91 Å². The van der Waals surface area contributed by atoms with Crippen molar-refractivity contribution in [1.29, 1.82) is 0 Å². The number of ether oxygens (including phenoxy) is 1. The topological polar surface area (TPSA) is 90.4 Å². The summed E-state index contributed by atoms with van der Waals surface area (Å²) in [6.07, 6.45) is 0.498. The molecule has 90 valence electrons. The second kappa shape index (κ2) is 6.24. The molecule has 0 saturated heterocycles. The predicted molar refractivity (Wildman–Crippen MR) is 57.6 cm³/mol. The highest BCUT2D eigenvalue weighted by molar-refractivity contribution is 5.81. The molecule has 6 heteroatoms. The molecule has 0 aliphatic heterocycles. The molecule has 0 radical (unpaired) electrons. The number of amides is 1. The summed E-state index contributed by atoms with van der Waals surface area (Å²) >= 11 is 0. The highest BCUT2D eigenvalue weighted by Crippen LogP contribution is 2.01. The van der Waals surface area contributed by atoms with Crippen molar-refractivity contribution >= 4 is 5.91 Å². The van der Waals surface area contributed by atoms with Crippen LogP contribution in [0.4, 0.5) is 0 Å². The Labute approximate surface area is 94.1 Å². The number of nitrogens with one attached hydrogen (secondary N) is 1. The lowest BCUT2D eigenvalue weighted by Gasteiger charge is -2.10. The molecule has 1 unspecified atom stereocenters. The van der Waals surface area contributed by atoms with Crippen molar-refractivity contribution in [3.8, 4) is 0 Å². The highest BCUT2D eigenvalue weighted by atomic mass is 16.5. The minimum absolute atomic E-state index is 0.217. The molecule has 0 fully saturated rings. The molecule has 0 bridgehead atoms. The van der Waals surface area contributed by atoms with Crippen LogP contribution in [-0.4, -0.2) is 30.8 Å². The fourth-order valence-electron chi connectivity index (χ4n) is 1.18. The number of rotatable bonds is 6. The van der Waals surface area contributed by atoms with Gasteiger partial charge in [0.25, 0.3) is 0 Å². The molecule has 1 amide bonds. The molecule has 1 heterocycles. The Bertz CT molecular complexity index is 338. The average Bonchev–Trinajstić information content (AvgIpc) is 2.68. The highest BCUT2D eigenvalue weighted by Gasteiger charge is 2.13. The number of aryl methyl sites for hydroxylation is 1. The number of nitrogens with two attached hydrogens (primary N) is 1. The first kappa shape index (κ1) is 12.7. The Hall–Kier alpha value is -1.40. The maximum Gasteiger partial charge on any atom is 0.237 e. The van der Waals surface area contributed by atoms with E-state index in [1.54, 1.807) is 13.2 Å². The van der Waals surface area contributed by atoms with Crippen molar-refractivity contribution in [2.75, 3.05) is 13.7 Å². The van der Waals surface area contributed by atoms with E-state index in [1.807, 2.05) is 6.92 Å². The van der Waals surface area contributed by atoms with Crippen LogP contribution < -0.4 is 11.1 Å². The van der Waals surface area contributed by atoms with Crippen molar-refractivity contribution in [3.05, 3.63) is 17.5 Å². The van der Waals surface area contributed by atoms with Crippen LogP contribution >= 0.6 is 0 Å². The van der Waals surface area contributed by atoms with Gasteiger partial charge >= 0.3 is 0 Å². The van der Waals surface area contributed by atoms with Crippen LogP contribution in [0.2, 0.25) is 0 Å². The summed E-state index contributed by atoms with van der Waals surface area (Å²) in [5.74, 6) is 0.399. The minimum atomic E-state index is -0.552. The molecule has 3 N–H and O–H groups in total. The lowest BCUT2D eigenvalue weighted by molar-refractivity contribution is -0.123. The number of carbonyl (C=O) groups is 1. The van der Waals surface area contributed by atoms with Gasteiger partial charge < -0.3 is 20.3 Å². The molecule has 0 aliphatic carbocycles. The molecule has 1 aromatic rings. The van der Waals surface area contributed by atoms with Gasteiger partial charge in [-0.2, -0.15) is 0 Å². The van der Waals surface area contributed by atoms with E-state index >= 15 is 0 Å².